The lowest BCUT2D eigenvalue weighted by Gasteiger charge is -2.30. The molecule has 2 atom stereocenters. The van der Waals surface area contributed by atoms with Crippen molar-refractivity contribution in [2.75, 3.05) is 12.3 Å². The van der Waals surface area contributed by atoms with Gasteiger partial charge in [-0.1, -0.05) is 31.5 Å². The zero-order valence-electron chi connectivity index (χ0n) is 12.7. The molecule has 20 heavy (non-hydrogen) atoms. The zero-order chi connectivity index (χ0) is 13.8. The maximum Gasteiger partial charge on any atom is 0.0226 e. The quantitative estimate of drug-likeness (QED) is 0.880. The fraction of sp³-hybridized carbons (Fsp3) is 0.667. The Hall–Kier alpha value is -0.470. The van der Waals surface area contributed by atoms with E-state index in [1.807, 2.05) is 0 Å². The summed E-state index contributed by atoms with van der Waals surface area (Å²) in [7, 11) is 0. The molecule has 1 heterocycles. The summed E-state index contributed by atoms with van der Waals surface area (Å²) in [6.07, 6.45) is 9.39. The molecule has 1 fully saturated rings. The highest BCUT2D eigenvalue weighted by molar-refractivity contribution is 8.00. The Bertz CT molecular complexity index is 437. The molecule has 0 bridgehead atoms. The van der Waals surface area contributed by atoms with Gasteiger partial charge >= 0.3 is 0 Å². The number of thioether (sulfide) groups is 1. The third-order valence-electron chi connectivity index (χ3n) is 4.75. The number of fused-ring (bicyclic) bond motifs is 1. The molecule has 1 aromatic carbocycles. The minimum Gasteiger partial charge on any atom is -0.313 e. The number of nitrogens with one attached hydrogen (secondary N) is 1. The normalized spacial score (nSPS) is 23.6. The van der Waals surface area contributed by atoms with Crippen LogP contribution in [0.4, 0.5) is 0 Å². The zero-order valence-corrected chi connectivity index (χ0v) is 13.5. The fourth-order valence-electron chi connectivity index (χ4n) is 3.69. The van der Waals surface area contributed by atoms with Gasteiger partial charge in [0, 0.05) is 11.3 Å². The molecule has 110 valence electrons. The average Bonchev–Trinajstić information content (AvgIpc) is 2.95. The lowest BCUT2D eigenvalue weighted by atomic mass is 9.97. The van der Waals surface area contributed by atoms with Crippen LogP contribution < -0.4 is 5.32 Å². The predicted molar refractivity (Wildman–Crippen MR) is 89.7 cm³/mol. The first-order valence-electron chi connectivity index (χ1n) is 8.32. The Morgan fingerprint density at radius 2 is 2.10 bits per heavy atom. The van der Waals surface area contributed by atoms with Gasteiger partial charge in [-0.2, -0.15) is 11.8 Å². The standard InChI is InChI=1S/C18H27NS/c1-2-19-17(18-8-3-4-11-20-18)13-14-9-10-15-6-5-7-16(15)12-14/h9-10,12,17-19H,2-8,11,13H2,1H3. The Kier molecular flexibility index (Phi) is 5.06. The van der Waals surface area contributed by atoms with Gasteiger partial charge in [-0.15, -0.1) is 0 Å². The van der Waals surface area contributed by atoms with E-state index in [-0.39, 0.29) is 0 Å². The molecule has 0 saturated carbocycles. The van der Waals surface area contributed by atoms with Crippen molar-refractivity contribution in [3.8, 4) is 0 Å². The van der Waals surface area contributed by atoms with E-state index in [1.165, 1.54) is 50.7 Å². The van der Waals surface area contributed by atoms with Crippen LogP contribution in [0.5, 0.6) is 0 Å². The number of rotatable bonds is 5. The van der Waals surface area contributed by atoms with E-state index in [0.717, 1.165) is 11.8 Å². The van der Waals surface area contributed by atoms with Gasteiger partial charge in [-0.05, 0) is 67.5 Å². The van der Waals surface area contributed by atoms with Gasteiger partial charge in [-0.3, -0.25) is 0 Å². The molecule has 0 amide bonds. The molecule has 3 rings (SSSR count). The summed E-state index contributed by atoms with van der Waals surface area (Å²) in [4.78, 5) is 0. The second-order valence-electron chi connectivity index (χ2n) is 6.23. The molecule has 1 aliphatic heterocycles. The molecular formula is C18H27NS. The SMILES string of the molecule is CCNC(Cc1ccc2c(c1)CCC2)C1CCCCS1. The van der Waals surface area contributed by atoms with Crippen LogP contribution in [-0.4, -0.2) is 23.6 Å². The molecule has 2 heteroatoms. The lowest BCUT2D eigenvalue weighted by Crippen LogP contribution is -2.41. The smallest absolute Gasteiger partial charge is 0.0226 e. The first-order chi connectivity index (χ1) is 9.86. The monoisotopic (exact) mass is 289 g/mol. The number of hydrogen-bond donors (Lipinski definition) is 1. The summed E-state index contributed by atoms with van der Waals surface area (Å²) in [6, 6.07) is 7.90. The highest BCUT2D eigenvalue weighted by atomic mass is 32.2. The van der Waals surface area contributed by atoms with Crippen LogP contribution in [0.25, 0.3) is 0 Å². The van der Waals surface area contributed by atoms with Crippen LogP contribution in [0.2, 0.25) is 0 Å². The van der Waals surface area contributed by atoms with Crippen molar-refractivity contribution in [3.63, 3.8) is 0 Å². The highest BCUT2D eigenvalue weighted by Crippen LogP contribution is 2.30. The van der Waals surface area contributed by atoms with Crippen molar-refractivity contribution in [2.24, 2.45) is 0 Å². The maximum absolute atomic E-state index is 3.75. The van der Waals surface area contributed by atoms with Gasteiger partial charge in [-0.25, -0.2) is 0 Å². The number of likely N-dealkylation sites (N-methyl/N-ethyl adjacent to an activating group) is 1. The Labute approximate surface area is 127 Å². The van der Waals surface area contributed by atoms with Crippen LogP contribution in [0, 0.1) is 0 Å². The largest absolute Gasteiger partial charge is 0.313 e. The maximum atomic E-state index is 3.75. The van der Waals surface area contributed by atoms with Gasteiger partial charge in [0.1, 0.15) is 0 Å². The van der Waals surface area contributed by atoms with Crippen molar-refractivity contribution in [1.82, 2.24) is 5.32 Å². The first-order valence-corrected chi connectivity index (χ1v) is 9.37. The molecular weight excluding hydrogens is 262 g/mol. The fourth-order valence-corrected chi connectivity index (χ4v) is 5.12. The molecule has 1 nitrogen and oxygen atoms in total. The Morgan fingerprint density at radius 3 is 2.90 bits per heavy atom. The lowest BCUT2D eigenvalue weighted by molar-refractivity contribution is 0.472. The Morgan fingerprint density at radius 1 is 1.20 bits per heavy atom. The van der Waals surface area contributed by atoms with Crippen molar-refractivity contribution < 1.29 is 0 Å². The molecule has 2 unspecified atom stereocenters. The minimum absolute atomic E-state index is 0.657. The van der Waals surface area contributed by atoms with Gasteiger partial charge in [0.2, 0.25) is 0 Å². The third kappa shape index (κ3) is 3.40. The minimum atomic E-state index is 0.657. The van der Waals surface area contributed by atoms with E-state index < -0.39 is 0 Å². The van der Waals surface area contributed by atoms with E-state index in [2.05, 4.69) is 42.2 Å². The molecule has 1 aliphatic carbocycles. The van der Waals surface area contributed by atoms with Gasteiger partial charge in [0.05, 0.1) is 0 Å². The van der Waals surface area contributed by atoms with Crippen molar-refractivity contribution in [3.05, 3.63) is 34.9 Å². The van der Waals surface area contributed by atoms with Crippen molar-refractivity contribution in [1.29, 1.82) is 0 Å². The summed E-state index contributed by atoms with van der Waals surface area (Å²) in [5.41, 5.74) is 4.76. The summed E-state index contributed by atoms with van der Waals surface area (Å²) in [6.45, 7) is 3.33. The molecule has 1 N–H and O–H groups in total. The molecule has 1 aromatic rings. The van der Waals surface area contributed by atoms with Crippen LogP contribution in [-0.2, 0) is 19.3 Å². The van der Waals surface area contributed by atoms with Crippen LogP contribution in [0.15, 0.2) is 18.2 Å². The number of aryl methyl sites for hydroxylation is 2. The highest BCUT2D eigenvalue weighted by Gasteiger charge is 2.24. The molecule has 0 spiro atoms. The van der Waals surface area contributed by atoms with Gasteiger partial charge in [0.15, 0.2) is 0 Å². The van der Waals surface area contributed by atoms with Crippen LogP contribution in [0.3, 0.4) is 0 Å². The number of benzene rings is 1. The molecule has 0 aromatic heterocycles. The average molecular weight is 289 g/mol. The molecule has 1 saturated heterocycles. The topological polar surface area (TPSA) is 12.0 Å². The molecule has 0 radical (unpaired) electrons. The Balaban J connectivity index is 1.68. The van der Waals surface area contributed by atoms with Crippen molar-refractivity contribution >= 4 is 11.8 Å². The van der Waals surface area contributed by atoms with E-state index in [1.54, 1.807) is 16.7 Å². The van der Waals surface area contributed by atoms with Crippen LogP contribution in [0.1, 0.15) is 49.3 Å². The van der Waals surface area contributed by atoms with Gasteiger partial charge < -0.3 is 5.32 Å². The van der Waals surface area contributed by atoms with E-state index in [9.17, 15) is 0 Å². The third-order valence-corrected chi connectivity index (χ3v) is 6.27. The van der Waals surface area contributed by atoms with Crippen LogP contribution >= 0.6 is 11.8 Å². The summed E-state index contributed by atoms with van der Waals surface area (Å²) in [5.74, 6) is 1.36. The number of hydrogen-bond acceptors (Lipinski definition) is 2. The molecule has 2 aliphatic rings. The second kappa shape index (κ2) is 7.00. The predicted octanol–water partition coefficient (Wildman–Crippen LogP) is 3.98. The van der Waals surface area contributed by atoms with Gasteiger partial charge in [0.25, 0.3) is 0 Å². The van der Waals surface area contributed by atoms with E-state index in [4.69, 9.17) is 0 Å². The van der Waals surface area contributed by atoms with Crippen molar-refractivity contribution in [2.45, 2.75) is 63.2 Å². The summed E-state index contributed by atoms with van der Waals surface area (Å²) < 4.78 is 0. The van der Waals surface area contributed by atoms with E-state index >= 15 is 0 Å². The second-order valence-corrected chi connectivity index (χ2v) is 7.58. The first kappa shape index (κ1) is 14.5. The van der Waals surface area contributed by atoms with E-state index in [0.29, 0.717) is 6.04 Å². The summed E-state index contributed by atoms with van der Waals surface area (Å²) >= 11 is 2.19. The summed E-state index contributed by atoms with van der Waals surface area (Å²) in [5, 5.41) is 4.56.